The van der Waals surface area contributed by atoms with E-state index in [9.17, 15) is 4.39 Å². The Bertz CT molecular complexity index is 580. The van der Waals surface area contributed by atoms with E-state index in [0.717, 1.165) is 17.8 Å². The van der Waals surface area contributed by atoms with Crippen LogP contribution in [-0.4, -0.2) is 16.9 Å². The molecule has 0 aliphatic heterocycles. The van der Waals surface area contributed by atoms with Crippen molar-refractivity contribution in [3.63, 3.8) is 0 Å². The lowest BCUT2D eigenvalue weighted by molar-refractivity contribution is 0.383. The number of halogens is 1. The van der Waals surface area contributed by atoms with Gasteiger partial charge < -0.3 is 10.5 Å². The van der Waals surface area contributed by atoms with E-state index in [0.29, 0.717) is 5.56 Å². The number of hydrogen-bond acceptors (Lipinski definition) is 3. The molecule has 5 heteroatoms. The van der Waals surface area contributed by atoms with Crippen molar-refractivity contribution in [3.05, 3.63) is 47.0 Å². The van der Waals surface area contributed by atoms with Gasteiger partial charge in [-0.15, -0.1) is 0 Å². The van der Waals surface area contributed by atoms with E-state index < -0.39 is 11.9 Å². The number of benzene rings is 1. The summed E-state index contributed by atoms with van der Waals surface area (Å²) in [6.07, 6.45) is 0.821. The highest BCUT2D eigenvalue weighted by molar-refractivity contribution is 5.36. The van der Waals surface area contributed by atoms with Crippen LogP contribution < -0.4 is 10.5 Å². The summed E-state index contributed by atoms with van der Waals surface area (Å²) in [5.74, 6) is -0.220. The maximum atomic E-state index is 14.2. The Hall–Kier alpha value is -1.88. The van der Waals surface area contributed by atoms with E-state index in [4.69, 9.17) is 10.5 Å². The van der Waals surface area contributed by atoms with Crippen molar-refractivity contribution in [2.24, 2.45) is 12.8 Å². The van der Waals surface area contributed by atoms with Gasteiger partial charge in [0.2, 0.25) is 0 Å². The van der Waals surface area contributed by atoms with Crippen LogP contribution in [0.2, 0.25) is 0 Å². The molecular formula is C14H18FN3O. The predicted molar refractivity (Wildman–Crippen MR) is 71.6 cm³/mol. The summed E-state index contributed by atoms with van der Waals surface area (Å²) in [6.45, 7) is 2.02. The molecule has 0 amide bonds. The molecular weight excluding hydrogens is 245 g/mol. The predicted octanol–water partition coefficient (Wildman–Crippen LogP) is 2.18. The van der Waals surface area contributed by atoms with Gasteiger partial charge in [-0.3, -0.25) is 4.68 Å². The van der Waals surface area contributed by atoms with Crippen LogP contribution in [0.3, 0.4) is 0 Å². The fourth-order valence-corrected chi connectivity index (χ4v) is 2.09. The molecule has 0 spiro atoms. The van der Waals surface area contributed by atoms with Crippen molar-refractivity contribution in [1.29, 1.82) is 0 Å². The molecule has 1 heterocycles. The van der Waals surface area contributed by atoms with Crippen LogP contribution in [0.15, 0.2) is 24.3 Å². The van der Waals surface area contributed by atoms with Crippen molar-refractivity contribution in [2.45, 2.75) is 19.4 Å². The van der Waals surface area contributed by atoms with Gasteiger partial charge in [0.15, 0.2) is 11.6 Å². The number of methoxy groups -OCH3 is 1. The van der Waals surface area contributed by atoms with Crippen LogP contribution in [0.4, 0.5) is 4.39 Å². The second kappa shape index (κ2) is 5.40. The monoisotopic (exact) mass is 263 g/mol. The van der Waals surface area contributed by atoms with Crippen molar-refractivity contribution in [2.75, 3.05) is 7.11 Å². The van der Waals surface area contributed by atoms with E-state index in [1.165, 1.54) is 7.11 Å². The standard InChI is InChI=1S/C14H18FN3O/c1-4-9-8-11(18(2)17-9)14(16)10-6-5-7-12(19-3)13(10)15/h5-8,14H,4,16H2,1-3H3. The van der Waals surface area contributed by atoms with Crippen molar-refractivity contribution in [1.82, 2.24) is 9.78 Å². The molecule has 4 nitrogen and oxygen atoms in total. The number of ether oxygens (including phenoxy) is 1. The smallest absolute Gasteiger partial charge is 0.170 e. The summed E-state index contributed by atoms with van der Waals surface area (Å²) in [4.78, 5) is 0. The van der Waals surface area contributed by atoms with E-state index in [1.54, 1.807) is 22.9 Å². The van der Waals surface area contributed by atoms with Gasteiger partial charge >= 0.3 is 0 Å². The second-order valence-corrected chi connectivity index (χ2v) is 4.38. The summed E-state index contributed by atoms with van der Waals surface area (Å²) in [5.41, 5.74) is 8.28. The van der Waals surface area contributed by atoms with Crippen LogP contribution in [0.25, 0.3) is 0 Å². The van der Waals surface area contributed by atoms with Gasteiger partial charge in [-0.05, 0) is 18.6 Å². The molecule has 1 unspecified atom stereocenters. The first kappa shape index (κ1) is 13.5. The third-order valence-corrected chi connectivity index (χ3v) is 3.20. The van der Waals surface area contributed by atoms with Crippen molar-refractivity contribution >= 4 is 0 Å². The highest BCUT2D eigenvalue weighted by atomic mass is 19.1. The number of hydrogen-bond donors (Lipinski definition) is 1. The van der Waals surface area contributed by atoms with Crippen molar-refractivity contribution in [3.8, 4) is 5.75 Å². The maximum absolute atomic E-state index is 14.2. The third kappa shape index (κ3) is 2.46. The first-order valence-corrected chi connectivity index (χ1v) is 6.19. The molecule has 1 aromatic carbocycles. The summed E-state index contributed by atoms with van der Waals surface area (Å²) in [5, 5.41) is 4.33. The van der Waals surface area contributed by atoms with E-state index >= 15 is 0 Å². The molecule has 0 aliphatic rings. The lowest BCUT2D eigenvalue weighted by Crippen LogP contribution is -2.17. The zero-order chi connectivity index (χ0) is 14.0. The molecule has 2 aromatic rings. The van der Waals surface area contributed by atoms with Crippen LogP contribution in [-0.2, 0) is 13.5 Å². The Morgan fingerprint density at radius 1 is 1.47 bits per heavy atom. The van der Waals surface area contributed by atoms with Crippen LogP contribution in [0, 0.1) is 5.82 Å². The van der Waals surface area contributed by atoms with Gasteiger partial charge in [-0.1, -0.05) is 19.1 Å². The van der Waals surface area contributed by atoms with E-state index in [2.05, 4.69) is 5.10 Å². The lowest BCUT2D eigenvalue weighted by Gasteiger charge is -2.14. The topological polar surface area (TPSA) is 53.1 Å². The summed E-state index contributed by atoms with van der Waals surface area (Å²) >= 11 is 0. The zero-order valence-corrected chi connectivity index (χ0v) is 11.4. The number of rotatable bonds is 4. The molecule has 2 N–H and O–H groups in total. The molecule has 1 aromatic heterocycles. The van der Waals surface area contributed by atoms with E-state index in [1.807, 2.05) is 20.0 Å². The van der Waals surface area contributed by atoms with Gasteiger partial charge in [-0.25, -0.2) is 4.39 Å². The van der Waals surface area contributed by atoms with Crippen LogP contribution in [0.5, 0.6) is 5.75 Å². The second-order valence-electron chi connectivity index (χ2n) is 4.38. The Morgan fingerprint density at radius 3 is 2.79 bits per heavy atom. The molecule has 0 radical (unpaired) electrons. The largest absolute Gasteiger partial charge is 0.494 e. The van der Waals surface area contributed by atoms with Crippen molar-refractivity contribution < 1.29 is 9.13 Å². The Morgan fingerprint density at radius 2 is 2.21 bits per heavy atom. The average molecular weight is 263 g/mol. The molecule has 0 saturated heterocycles. The minimum Gasteiger partial charge on any atom is -0.494 e. The van der Waals surface area contributed by atoms with Crippen LogP contribution in [0.1, 0.15) is 29.9 Å². The SMILES string of the molecule is CCc1cc(C(N)c2cccc(OC)c2F)n(C)n1. The minimum absolute atomic E-state index is 0.200. The zero-order valence-electron chi connectivity index (χ0n) is 11.4. The minimum atomic E-state index is -0.562. The third-order valence-electron chi connectivity index (χ3n) is 3.20. The number of aromatic nitrogens is 2. The van der Waals surface area contributed by atoms with Gasteiger partial charge in [0, 0.05) is 12.6 Å². The number of nitrogens with zero attached hydrogens (tertiary/aromatic N) is 2. The molecule has 2 rings (SSSR count). The number of aryl methyl sites for hydroxylation is 2. The fraction of sp³-hybridized carbons (Fsp3) is 0.357. The Kier molecular flexibility index (Phi) is 3.85. The molecule has 0 fully saturated rings. The molecule has 0 bridgehead atoms. The first-order chi connectivity index (χ1) is 9.08. The quantitative estimate of drug-likeness (QED) is 0.919. The van der Waals surface area contributed by atoms with E-state index in [-0.39, 0.29) is 5.75 Å². The first-order valence-electron chi connectivity index (χ1n) is 6.19. The molecule has 1 atom stereocenters. The Balaban J connectivity index is 2.43. The van der Waals surface area contributed by atoms with Gasteiger partial charge in [0.25, 0.3) is 0 Å². The molecule has 102 valence electrons. The van der Waals surface area contributed by atoms with Gasteiger partial charge in [-0.2, -0.15) is 5.10 Å². The maximum Gasteiger partial charge on any atom is 0.170 e. The highest BCUT2D eigenvalue weighted by Gasteiger charge is 2.20. The van der Waals surface area contributed by atoms with Gasteiger partial charge in [0.1, 0.15) is 0 Å². The van der Waals surface area contributed by atoms with Crippen LogP contribution >= 0.6 is 0 Å². The molecule has 0 aliphatic carbocycles. The number of nitrogens with two attached hydrogens (primary N) is 1. The average Bonchev–Trinajstić information content (AvgIpc) is 2.79. The summed E-state index contributed by atoms with van der Waals surface area (Å²) in [6, 6.07) is 6.32. The normalized spacial score (nSPS) is 12.5. The highest BCUT2D eigenvalue weighted by Crippen LogP contribution is 2.27. The Labute approximate surface area is 112 Å². The lowest BCUT2D eigenvalue weighted by atomic mass is 10.0. The summed E-state index contributed by atoms with van der Waals surface area (Å²) in [7, 11) is 3.25. The molecule has 19 heavy (non-hydrogen) atoms. The van der Waals surface area contributed by atoms with Gasteiger partial charge in [0.05, 0.1) is 24.5 Å². The molecule has 0 saturated carbocycles. The fourth-order valence-electron chi connectivity index (χ4n) is 2.09. The summed E-state index contributed by atoms with van der Waals surface area (Å²) < 4.78 is 20.9.